The molecule has 0 bridgehead atoms. The summed E-state index contributed by atoms with van der Waals surface area (Å²) in [5, 5.41) is 2.46. The van der Waals surface area contributed by atoms with Gasteiger partial charge in [-0.3, -0.25) is 4.99 Å². The van der Waals surface area contributed by atoms with Crippen molar-refractivity contribution in [3.8, 4) is 0 Å². The van der Waals surface area contributed by atoms with Crippen molar-refractivity contribution < 1.29 is 27.4 Å². The van der Waals surface area contributed by atoms with E-state index in [1.54, 1.807) is 45.2 Å². The molecular weight excluding hydrogens is 485 g/mol. The third kappa shape index (κ3) is 11.9. The van der Waals surface area contributed by atoms with E-state index in [1.165, 1.54) is 19.4 Å². The van der Waals surface area contributed by atoms with Crippen LogP contribution in [-0.4, -0.2) is 45.1 Å². The highest BCUT2D eigenvalue weighted by atomic mass is 19.4. The van der Waals surface area contributed by atoms with E-state index in [4.69, 9.17) is 15.2 Å². The van der Waals surface area contributed by atoms with Crippen molar-refractivity contribution in [2.24, 2.45) is 15.7 Å². The number of carbonyl (C=O) groups is 1. The number of carbonyl (C=O) groups excluding carboxylic acids is 1. The summed E-state index contributed by atoms with van der Waals surface area (Å²) >= 11 is 0. The lowest BCUT2D eigenvalue weighted by Gasteiger charge is -2.13. The number of hydrogen-bond acceptors (Lipinski definition) is 5. The molecule has 7 nitrogen and oxygen atoms in total. The highest BCUT2D eigenvalue weighted by Crippen LogP contribution is 2.26. The third-order valence-electron chi connectivity index (χ3n) is 4.43. The van der Waals surface area contributed by atoms with Gasteiger partial charge in [-0.1, -0.05) is 45.2 Å². The molecule has 0 unspecified atom stereocenters. The minimum atomic E-state index is -4.50. The van der Waals surface area contributed by atoms with Crippen molar-refractivity contribution in [3.05, 3.63) is 83.7 Å². The lowest BCUT2D eigenvalue weighted by molar-refractivity contribution is -0.0881. The molecule has 0 fully saturated rings. The first kappa shape index (κ1) is 32.9. The number of aliphatic imine (C=N–C) groups is 2. The summed E-state index contributed by atoms with van der Waals surface area (Å²) in [6, 6.07) is 6.04. The number of amides is 2. The summed E-state index contributed by atoms with van der Waals surface area (Å²) in [5.41, 5.74) is 6.99. The van der Waals surface area contributed by atoms with Crippen LogP contribution in [0.15, 0.2) is 88.1 Å². The second-order valence-corrected chi connectivity index (χ2v) is 7.11. The molecule has 0 saturated carbocycles. The average molecular weight is 521 g/mol. The second kappa shape index (κ2) is 16.6. The summed E-state index contributed by atoms with van der Waals surface area (Å²) in [5.74, 6) is 0.485. The van der Waals surface area contributed by atoms with E-state index in [0.29, 0.717) is 28.1 Å². The van der Waals surface area contributed by atoms with Crippen molar-refractivity contribution >= 4 is 29.5 Å². The van der Waals surface area contributed by atoms with Gasteiger partial charge in [-0.2, -0.15) is 13.2 Å². The second-order valence-electron chi connectivity index (χ2n) is 7.11. The predicted molar refractivity (Wildman–Crippen MR) is 146 cm³/mol. The molecule has 0 aliphatic heterocycles. The fourth-order valence-electron chi connectivity index (χ4n) is 2.60. The van der Waals surface area contributed by atoms with E-state index in [9.17, 15) is 18.0 Å². The number of ether oxygens (including phenoxy) is 2. The molecule has 0 radical (unpaired) electrons. The van der Waals surface area contributed by atoms with Crippen LogP contribution in [0, 0.1) is 0 Å². The first-order valence-corrected chi connectivity index (χ1v) is 11.2. The van der Waals surface area contributed by atoms with Crippen LogP contribution >= 0.6 is 0 Å². The summed E-state index contributed by atoms with van der Waals surface area (Å²) in [7, 11) is 3.01. The molecule has 0 aromatic heterocycles. The molecule has 10 heteroatoms. The molecule has 0 atom stereocenters. The summed E-state index contributed by atoms with van der Waals surface area (Å²) in [6.07, 6.45) is -0.112. The van der Waals surface area contributed by atoms with Gasteiger partial charge in [0.2, 0.25) is 5.90 Å². The molecule has 0 aliphatic carbocycles. The maximum atomic E-state index is 12.8. The van der Waals surface area contributed by atoms with Crippen LogP contribution in [0.4, 0.5) is 23.7 Å². The fraction of sp³-hybridized carbons (Fsp3) is 0.296. The number of urea groups is 1. The lowest BCUT2D eigenvalue weighted by Crippen LogP contribution is -2.19. The number of nitrogens with one attached hydrogen (secondary N) is 1. The van der Waals surface area contributed by atoms with Gasteiger partial charge in [0, 0.05) is 18.9 Å². The largest absolute Gasteiger partial charge is 0.494 e. The van der Waals surface area contributed by atoms with Gasteiger partial charge < -0.3 is 20.5 Å². The monoisotopic (exact) mass is 520 g/mol. The smallest absolute Gasteiger partial charge is 0.416 e. The van der Waals surface area contributed by atoms with Crippen LogP contribution in [0.1, 0.15) is 33.3 Å². The number of alkyl halides is 3. The van der Waals surface area contributed by atoms with Crippen molar-refractivity contribution in [1.29, 1.82) is 0 Å². The Labute approximate surface area is 216 Å². The number of nitrogens with zero attached hydrogens (tertiary/aromatic N) is 2. The fourth-order valence-corrected chi connectivity index (χ4v) is 2.60. The van der Waals surface area contributed by atoms with Gasteiger partial charge in [-0.15, -0.1) is 0 Å². The highest BCUT2D eigenvalue weighted by Gasteiger charge is 2.30. The Hall–Kier alpha value is -4.08. The van der Waals surface area contributed by atoms with Crippen molar-refractivity contribution in [2.45, 2.75) is 33.9 Å². The SMILES string of the molecule is C=C/C(=C\C=C(/C)OC/C(C)=C(/C=NC)C(=NC(=C)c1ccc(NC(N)=O)cc1)OC)C(F)(F)F.CC. The number of nitrogens with two attached hydrogens (primary N) is 1. The van der Waals surface area contributed by atoms with Crippen LogP contribution < -0.4 is 11.1 Å². The predicted octanol–water partition coefficient (Wildman–Crippen LogP) is 6.83. The Morgan fingerprint density at radius 3 is 2.22 bits per heavy atom. The van der Waals surface area contributed by atoms with E-state index in [-0.39, 0.29) is 18.3 Å². The van der Waals surface area contributed by atoms with Gasteiger partial charge in [-0.25, -0.2) is 9.79 Å². The number of halogens is 3. The topological polar surface area (TPSA) is 98.3 Å². The van der Waals surface area contributed by atoms with Crippen molar-refractivity contribution in [2.75, 3.05) is 26.1 Å². The summed E-state index contributed by atoms with van der Waals surface area (Å²) in [4.78, 5) is 19.4. The number of methoxy groups -OCH3 is 1. The Balaban J connectivity index is 0.00000631. The van der Waals surface area contributed by atoms with Crippen LogP contribution in [0.5, 0.6) is 0 Å². The molecule has 3 N–H and O–H groups in total. The minimum Gasteiger partial charge on any atom is -0.494 e. The Morgan fingerprint density at radius 2 is 1.76 bits per heavy atom. The molecule has 1 rings (SSSR count). The first-order valence-electron chi connectivity index (χ1n) is 11.2. The maximum absolute atomic E-state index is 12.8. The molecule has 0 aliphatic rings. The molecule has 0 spiro atoms. The zero-order valence-electron chi connectivity index (χ0n) is 22.1. The maximum Gasteiger partial charge on any atom is 0.416 e. The molecule has 2 amide bonds. The van der Waals surface area contributed by atoms with Crippen LogP contribution in [-0.2, 0) is 9.47 Å². The van der Waals surface area contributed by atoms with E-state index >= 15 is 0 Å². The standard InChI is InChI=1S/C25H29F3N4O3.C2H6/c1-7-20(25(26,27)28)11-8-17(3)35-15-16(2)22(14-30-5)23(34-6)31-18(4)19-9-12-21(13-10-19)32-24(29)33;1-2/h7-14H,1,4,15H2,2-3,5-6H3,(H3,29,32,33);1-2H3/b17-8+,20-11+,22-16-,30-14?,31-23?;. The number of allylic oxidation sites excluding steroid dienone is 5. The number of primary amides is 1. The van der Waals surface area contributed by atoms with Crippen LogP contribution in [0.25, 0.3) is 5.70 Å². The summed E-state index contributed by atoms with van der Waals surface area (Å²) < 4.78 is 49.5. The molecule has 1 aromatic rings. The zero-order valence-corrected chi connectivity index (χ0v) is 22.1. The first-order chi connectivity index (χ1) is 17.4. The Morgan fingerprint density at radius 1 is 1.16 bits per heavy atom. The lowest BCUT2D eigenvalue weighted by atomic mass is 10.1. The summed E-state index contributed by atoms with van der Waals surface area (Å²) in [6.45, 7) is 14.5. The average Bonchev–Trinajstić information content (AvgIpc) is 2.85. The molecular formula is C27H35F3N4O3. The molecule has 0 saturated heterocycles. The minimum absolute atomic E-state index is 0.0509. The molecule has 202 valence electrons. The van der Waals surface area contributed by atoms with E-state index in [1.807, 2.05) is 13.8 Å². The highest BCUT2D eigenvalue weighted by molar-refractivity contribution is 6.14. The van der Waals surface area contributed by atoms with Gasteiger partial charge >= 0.3 is 12.2 Å². The normalized spacial score (nSPS) is 13.3. The number of benzene rings is 1. The Bertz CT molecular complexity index is 1080. The molecule has 37 heavy (non-hydrogen) atoms. The van der Waals surface area contributed by atoms with Crippen molar-refractivity contribution in [3.63, 3.8) is 0 Å². The number of hydrogen-bond donors (Lipinski definition) is 2. The van der Waals surface area contributed by atoms with E-state index in [0.717, 1.165) is 12.2 Å². The quantitative estimate of drug-likeness (QED) is 0.153. The number of rotatable bonds is 10. The van der Waals surface area contributed by atoms with Gasteiger partial charge in [-0.05, 0) is 49.3 Å². The van der Waals surface area contributed by atoms with Gasteiger partial charge in [0.1, 0.15) is 6.61 Å². The van der Waals surface area contributed by atoms with Crippen LogP contribution in [0.3, 0.4) is 0 Å². The van der Waals surface area contributed by atoms with E-state index < -0.39 is 17.8 Å². The van der Waals surface area contributed by atoms with Crippen molar-refractivity contribution in [1.82, 2.24) is 0 Å². The van der Waals surface area contributed by atoms with Gasteiger partial charge in [0.05, 0.1) is 29.7 Å². The van der Waals surface area contributed by atoms with Crippen LogP contribution in [0.2, 0.25) is 0 Å². The zero-order chi connectivity index (χ0) is 28.6. The number of anilines is 1. The molecule has 1 aromatic carbocycles. The molecule has 0 heterocycles. The van der Waals surface area contributed by atoms with E-state index in [2.05, 4.69) is 28.5 Å². The Kier molecular flexibility index (Phi) is 14.7. The van der Waals surface area contributed by atoms with Gasteiger partial charge in [0.15, 0.2) is 0 Å². The van der Waals surface area contributed by atoms with Gasteiger partial charge in [0.25, 0.3) is 0 Å². The third-order valence-corrected chi connectivity index (χ3v) is 4.43.